The van der Waals surface area contributed by atoms with Gasteiger partial charge in [0.15, 0.2) is 0 Å². The van der Waals surface area contributed by atoms with Crippen LogP contribution in [-0.4, -0.2) is 26.7 Å². The van der Waals surface area contributed by atoms with Crippen molar-refractivity contribution in [1.82, 2.24) is 9.88 Å². The number of rotatable bonds is 4. The first kappa shape index (κ1) is 18.0. The van der Waals surface area contributed by atoms with Crippen molar-refractivity contribution in [2.24, 2.45) is 0 Å². The highest BCUT2D eigenvalue weighted by Gasteiger charge is 2.46. The lowest BCUT2D eigenvalue weighted by atomic mass is 9.95. The molecule has 3 aromatic rings. The van der Waals surface area contributed by atoms with E-state index in [4.69, 9.17) is 16.0 Å². The number of Topliss-reactive ketones (excluding diaryl/α,β-unsaturated/α-hetero) is 1. The minimum Gasteiger partial charge on any atom is -0.507 e. The molecule has 3 heterocycles. The second kappa shape index (κ2) is 7.32. The number of halogens is 1. The number of aliphatic hydroxyl groups is 1. The molecular weight excluding hydrogens is 380 g/mol. The Labute approximate surface area is 165 Å². The number of carbonyl (C=O) groups excluding carboxylic acids is 2. The molecule has 1 amide bonds. The van der Waals surface area contributed by atoms with E-state index in [0.717, 1.165) is 0 Å². The molecule has 1 aliphatic heterocycles. The summed E-state index contributed by atoms with van der Waals surface area (Å²) in [5.74, 6) is -1.20. The topological polar surface area (TPSA) is 83.6 Å². The predicted molar refractivity (Wildman–Crippen MR) is 102 cm³/mol. The van der Waals surface area contributed by atoms with Crippen molar-refractivity contribution in [3.05, 3.63) is 94.7 Å². The van der Waals surface area contributed by atoms with Crippen molar-refractivity contribution in [2.45, 2.75) is 12.6 Å². The first-order valence-electron chi connectivity index (χ1n) is 8.53. The van der Waals surface area contributed by atoms with Crippen LogP contribution in [0.4, 0.5) is 0 Å². The van der Waals surface area contributed by atoms with E-state index in [1.54, 1.807) is 48.5 Å². The SMILES string of the molecule is O=C1C(=O)N(Cc2ccco2)C(c2cccc(Cl)c2)C1=C(O)c1ccncc1. The Morgan fingerprint density at radius 2 is 1.93 bits per heavy atom. The molecule has 0 radical (unpaired) electrons. The lowest BCUT2D eigenvalue weighted by Gasteiger charge is -2.24. The molecule has 1 unspecified atom stereocenters. The fourth-order valence-electron chi connectivity index (χ4n) is 3.30. The second-order valence-electron chi connectivity index (χ2n) is 6.30. The molecule has 0 spiro atoms. The zero-order valence-electron chi connectivity index (χ0n) is 14.6. The van der Waals surface area contributed by atoms with Gasteiger partial charge in [0, 0.05) is 23.0 Å². The maximum atomic E-state index is 12.8. The predicted octanol–water partition coefficient (Wildman–Crippen LogP) is 3.95. The number of nitrogens with zero attached hydrogens (tertiary/aromatic N) is 2. The van der Waals surface area contributed by atoms with Gasteiger partial charge >= 0.3 is 0 Å². The summed E-state index contributed by atoms with van der Waals surface area (Å²) in [4.78, 5) is 30.9. The van der Waals surface area contributed by atoms with Crippen molar-refractivity contribution in [1.29, 1.82) is 0 Å². The summed E-state index contributed by atoms with van der Waals surface area (Å²) in [6, 6.07) is 12.6. The lowest BCUT2D eigenvalue weighted by molar-refractivity contribution is -0.140. The molecule has 0 aliphatic carbocycles. The van der Waals surface area contributed by atoms with Crippen molar-refractivity contribution < 1.29 is 19.1 Å². The van der Waals surface area contributed by atoms with E-state index in [9.17, 15) is 14.7 Å². The van der Waals surface area contributed by atoms with Crippen LogP contribution in [0, 0.1) is 0 Å². The summed E-state index contributed by atoms with van der Waals surface area (Å²) in [6.45, 7) is 0.0852. The summed E-state index contributed by atoms with van der Waals surface area (Å²) < 4.78 is 5.35. The lowest BCUT2D eigenvalue weighted by Crippen LogP contribution is -2.29. The number of hydrogen-bond donors (Lipinski definition) is 1. The number of pyridine rings is 1. The third-order valence-corrected chi connectivity index (χ3v) is 4.80. The van der Waals surface area contributed by atoms with Crippen LogP contribution in [0.25, 0.3) is 5.76 Å². The van der Waals surface area contributed by atoms with Crippen LogP contribution < -0.4 is 0 Å². The van der Waals surface area contributed by atoms with Gasteiger partial charge in [-0.3, -0.25) is 14.6 Å². The molecule has 28 heavy (non-hydrogen) atoms. The zero-order valence-corrected chi connectivity index (χ0v) is 15.3. The molecule has 0 bridgehead atoms. The van der Waals surface area contributed by atoms with Gasteiger partial charge in [0.05, 0.1) is 24.4 Å². The van der Waals surface area contributed by atoms with E-state index in [1.165, 1.54) is 23.6 Å². The molecule has 0 saturated carbocycles. The Morgan fingerprint density at radius 1 is 1.14 bits per heavy atom. The largest absolute Gasteiger partial charge is 0.507 e. The van der Waals surface area contributed by atoms with E-state index in [0.29, 0.717) is 21.9 Å². The molecule has 1 aliphatic rings. The van der Waals surface area contributed by atoms with E-state index >= 15 is 0 Å². The average molecular weight is 395 g/mol. The van der Waals surface area contributed by atoms with E-state index in [-0.39, 0.29) is 17.9 Å². The minimum absolute atomic E-state index is 0.00465. The van der Waals surface area contributed by atoms with Gasteiger partial charge in [-0.05, 0) is 42.0 Å². The monoisotopic (exact) mass is 394 g/mol. The fourth-order valence-corrected chi connectivity index (χ4v) is 3.50. The fraction of sp³-hybridized carbons (Fsp3) is 0.0952. The highest BCUT2D eigenvalue weighted by molar-refractivity contribution is 6.46. The van der Waals surface area contributed by atoms with Crippen molar-refractivity contribution in [2.75, 3.05) is 0 Å². The van der Waals surface area contributed by atoms with Crippen LogP contribution in [0.15, 0.2) is 77.2 Å². The number of hydrogen-bond acceptors (Lipinski definition) is 5. The standard InChI is InChI=1S/C21H15ClN2O4/c22-15-4-1-3-14(11-15)18-17(19(25)13-6-8-23-9-7-13)20(26)21(27)24(18)12-16-5-2-10-28-16/h1-11,18,25H,12H2. The third kappa shape index (κ3) is 3.18. The highest BCUT2D eigenvalue weighted by atomic mass is 35.5. The molecule has 1 fully saturated rings. The molecule has 4 rings (SSSR count). The number of benzene rings is 1. The van der Waals surface area contributed by atoms with Crippen molar-refractivity contribution in [3.8, 4) is 0 Å². The molecule has 6 nitrogen and oxygen atoms in total. The van der Waals surface area contributed by atoms with Gasteiger partial charge in [-0.2, -0.15) is 0 Å². The summed E-state index contributed by atoms with van der Waals surface area (Å²) in [5, 5.41) is 11.3. The number of aliphatic hydroxyl groups excluding tert-OH is 1. The number of ketones is 1. The van der Waals surface area contributed by atoms with Gasteiger partial charge < -0.3 is 14.4 Å². The number of carbonyl (C=O) groups is 2. The highest BCUT2D eigenvalue weighted by Crippen LogP contribution is 2.40. The van der Waals surface area contributed by atoms with E-state index in [2.05, 4.69) is 4.98 Å². The molecule has 140 valence electrons. The molecule has 1 N–H and O–H groups in total. The molecule has 1 aromatic carbocycles. The number of likely N-dealkylation sites (tertiary alicyclic amines) is 1. The molecule has 2 aromatic heterocycles. The number of aromatic nitrogens is 1. The summed E-state index contributed by atoms with van der Waals surface area (Å²) >= 11 is 6.14. The summed E-state index contributed by atoms with van der Waals surface area (Å²) in [7, 11) is 0. The van der Waals surface area contributed by atoms with Crippen molar-refractivity contribution in [3.63, 3.8) is 0 Å². The smallest absolute Gasteiger partial charge is 0.296 e. The molecule has 1 atom stereocenters. The normalized spacial score (nSPS) is 18.6. The Bertz CT molecular complexity index is 1060. The van der Waals surface area contributed by atoms with Gasteiger partial charge in [-0.15, -0.1) is 0 Å². The number of furan rings is 1. The minimum atomic E-state index is -0.794. The molecule has 1 saturated heterocycles. The second-order valence-corrected chi connectivity index (χ2v) is 6.73. The quantitative estimate of drug-likeness (QED) is 0.411. The van der Waals surface area contributed by atoms with Gasteiger partial charge in [-0.25, -0.2) is 0 Å². The summed E-state index contributed by atoms with van der Waals surface area (Å²) in [6.07, 6.45) is 4.50. The Hall–Kier alpha value is -3.38. The van der Waals surface area contributed by atoms with Crippen LogP contribution in [-0.2, 0) is 16.1 Å². The van der Waals surface area contributed by atoms with Crippen LogP contribution in [0.5, 0.6) is 0 Å². The van der Waals surface area contributed by atoms with Crippen LogP contribution in [0.2, 0.25) is 5.02 Å². The van der Waals surface area contributed by atoms with E-state index in [1.807, 2.05) is 0 Å². The Kier molecular flexibility index (Phi) is 4.71. The van der Waals surface area contributed by atoms with Crippen molar-refractivity contribution >= 4 is 29.1 Å². The zero-order chi connectivity index (χ0) is 19.7. The van der Waals surface area contributed by atoms with Crippen LogP contribution in [0.1, 0.15) is 22.9 Å². The molecule has 7 heteroatoms. The number of amides is 1. The average Bonchev–Trinajstić information content (AvgIpc) is 3.30. The Balaban J connectivity index is 1.88. The van der Waals surface area contributed by atoms with E-state index < -0.39 is 17.7 Å². The first-order chi connectivity index (χ1) is 13.6. The first-order valence-corrected chi connectivity index (χ1v) is 8.90. The maximum Gasteiger partial charge on any atom is 0.296 e. The van der Waals surface area contributed by atoms with Gasteiger partial charge in [0.1, 0.15) is 11.5 Å². The summed E-state index contributed by atoms with van der Waals surface area (Å²) in [5.41, 5.74) is 1.02. The van der Waals surface area contributed by atoms with Gasteiger partial charge in [0.2, 0.25) is 0 Å². The van der Waals surface area contributed by atoms with Crippen LogP contribution in [0.3, 0.4) is 0 Å². The third-order valence-electron chi connectivity index (χ3n) is 4.56. The van der Waals surface area contributed by atoms with Crippen LogP contribution >= 0.6 is 11.6 Å². The Morgan fingerprint density at radius 3 is 2.61 bits per heavy atom. The maximum absolute atomic E-state index is 12.8. The van der Waals surface area contributed by atoms with Gasteiger partial charge in [0.25, 0.3) is 11.7 Å². The molecular formula is C21H15ClN2O4. The van der Waals surface area contributed by atoms with Gasteiger partial charge in [-0.1, -0.05) is 23.7 Å².